The Kier molecular flexibility index (Phi) is 8.74. The van der Waals surface area contributed by atoms with Crippen LogP contribution >= 0.6 is 0 Å². The second-order valence-electron chi connectivity index (χ2n) is 9.07. The van der Waals surface area contributed by atoms with Gasteiger partial charge in [0, 0.05) is 31.7 Å². The zero-order valence-corrected chi connectivity index (χ0v) is 18.6. The number of hydrogen-bond donors (Lipinski definition) is 1. The maximum atomic E-state index is 12.5. The number of ether oxygens (including phenoxy) is 2. The number of nitrogens with zero attached hydrogens (tertiary/aromatic N) is 1. The highest BCUT2D eigenvalue weighted by molar-refractivity contribution is 6.12. The van der Waals surface area contributed by atoms with Crippen LogP contribution in [0.5, 0.6) is 0 Å². The van der Waals surface area contributed by atoms with Crippen LogP contribution in [0.3, 0.4) is 0 Å². The lowest BCUT2D eigenvalue weighted by molar-refractivity contribution is -0.167. The largest absolute Gasteiger partial charge is 0.460 e. The molecule has 30 heavy (non-hydrogen) atoms. The fraction of sp³-hybridized carbons (Fsp3) is 0.667. The van der Waals surface area contributed by atoms with Crippen molar-refractivity contribution in [3.05, 3.63) is 12.2 Å². The molecule has 0 bridgehead atoms. The van der Waals surface area contributed by atoms with Crippen LogP contribution in [0.4, 0.5) is 0 Å². The van der Waals surface area contributed by atoms with Crippen molar-refractivity contribution >= 4 is 29.7 Å². The summed E-state index contributed by atoms with van der Waals surface area (Å²) < 4.78 is 10.6. The molecule has 1 rings (SSSR count). The van der Waals surface area contributed by atoms with Crippen LogP contribution in [0.1, 0.15) is 60.8 Å². The molecule has 1 N–H and O–H groups in total. The van der Waals surface area contributed by atoms with Gasteiger partial charge in [-0.15, -0.1) is 0 Å². The molecule has 0 saturated heterocycles. The Morgan fingerprint density at radius 3 is 2.00 bits per heavy atom. The summed E-state index contributed by atoms with van der Waals surface area (Å²) in [6, 6.07) is 0. The molecule has 9 nitrogen and oxygen atoms in total. The van der Waals surface area contributed by atoms with E-state index in [2.05, 4.69) is 5.32 Å². The molecule has 0 saturated carbocycles. The van der Waals surface area contributed by atoms with Gasteiger partial charge >= 0.3 is 11.9 Å². The average molecular weight is 424 g/mol. The van der Waals surface area contributed by atoms with Crippen LogP contribution in [0.2, 0.25) is 0 Å². The second-order valence-corrected chi connectivity index (χ2v) is 9.07. The minimum absolute atomic E-state index is 0.0210. The minimum Gasteiger partial charge on any atom is -0.460 e. The Bertz CT molecular complexity index is 696. The minimum atomic E-state index is -0.823. The molecule has 9 heteroatoms. The monoisotopic (exact) mass is 424 g/mol. The Labute approximate surface area is 177 Å². The maximum absolute atomic E-state index is 12.5. The molecular formula is C21H32N2O7. The van der Waals surface area contributed by atoms with Gasteiger partial charge in [-0.2, -0.15) is 0 Å². The third-order valence-corrected chi connectivity index (χ3v) is 3.85. The lowest BCUT2D eigenvalue weighted by Crippen LogP contribution is -2.38. The van der Waals surface area contributed by atoms with Crippen molar-refractivity contribution in [1.82, 2.24) is 10.2 Å². The van der Waals surface area contributed by atoms with Gasteiger partial charge in [-0.3, -0.25) is 28.9 Å². The zero-order chi connectivity index (χ0) is 23.1. The number of nitrogens with one attached hydrogen (secondary N) is 1. The summed E-state index contributed by atoms with van der Waals surface area (Å²) in [4.78, 5) is 60.7. The second kappa shape index (κ2) is 10.4. The van der Waals surface area contributed by atoms with Gasteiger partial charge in [0.05, 0.1) is 12.3 Å². The number of carbonyl (C=O) groups is 5. The van der Waals surface area contributed by atoms with Crippen molar-refractivity contribution in [2.75, 3.05) is 13.1 Å². The van der Waals surface area contributed by atoms with E-state index >= 15 is 0 Å². The molecule has 1 aliphatic rings. The predicted molar refractivity (Wildman–Crippen MR) is 108 cm³/mol. The summed E-state index contributed by atoms with van der Waals surface area (Å²) in [5, 5.41) is 2.60. The van der Waals surface area contributed by atoms with Gasteiger partial charge in [-0.1, -0.05) is 0 Å². The molecule has 0 aromatic heterocycles. The quantitative estimate of drug-likeness (QED) is 0.440. The third-order valence-electron chi connectivity index (χ3n) is 3.85. The first-order chi connectivity index (χ1) is 13.7. The molecule has 0 fully saturated rings. The van der Waals surface area contributed by atoms with E-state index in [1.54, 1.807) is 41.5 Å². The predicted octanol–water partition coefficient (Wildman–Crippen LogP) is 1.50. The number of rotatable bonds is 9. The zero-order valence-electron chi connectivity index (χ0n) is 18.6. The highest BCUT2D eigenvalue weighted by Gasteiger charge is 2.30. The summed E-state index contributed by atoms with van der Waals surface area (Å²) in [5.41, 5.74) is -1.42. The van der Waals surface area contributed by atoms with E-state index in [1.807, 2.05) is 0 Å². The van der Waals surface area contributed by atoms with Gasteiger partial charge < -0.3 is 14.8 Å². The van der Waals surface area contributed by atoms with Crippen molar-refractivity contribution in [1.29, 1.82) is 0 Å². The van der Waals surface area contributed by atoms with Crippen molar-refractivity contribution in [2.45, 2.75) is 72.0 Å². The molecule has 1 aliphatic heterocycles. The lowest BCUT2D eigenvalue weighted by atomic mass is 9.98. The van der Waals surface area contributed by atoms with Crippen LogP contribution in [-0.2, 0) is 33.4 Å². The number of imide groups is 1. The van der Waals surface area contributed by atoms with Crippen molar-refractivity contribution in [3.63, 3.8) is 0 Å². The fourth-order valence-corrected chi connectivity index (χ4v) is 2.63. The van der Waals surface area contributed by atoms with Gasteiger partial charge in [0.2, 0.25) is 5.91 Å². The topological polar surface area (TPSA) is 119 Å². The number of carbonyl (C=O) groups excluding carboxylic acids is 5. The summed E-state index contributed by atoms with van der Waals surface area (Å²) in [6.45, 7) is 10.5. The Balaban J connectivity index is 2.57. The SMILES string of the molecule is CC(C)(C)OC(=O)C[C@H](CCC(=O)NCCN1C(=O)C=CC1=O)C(=O)OC(C)(C)C. The highest BCUT2D eigenvalue weighted by Crippen LogP contribution is 2.20. The molecule has 0 aromatic carbocycles. The molecular weight excluding hydrogens is 392 g/mol. The number of hydrogen-bond acceptors (Lipinski definition) is 7. The first-order valence-electron chi connectivity index (χ1n) is 9.93. The molecule has 0 aliphatic carbocycles. The molecule has 0 aromatic rings. The molecule has 0 spiro atoms. The van der Waals surface area contributed by atoms with E-state index in [4.69, 9.17) is 9.47 Å². The summed E-state index contributed by atoms with van der Waals surface area (Å²) in [7, 11) is 0. The van der Waals surface area contributed by atoms with Gasteiger partial charge in [0.25, 0.3) is 11.8 Å². The van der Waals surface area contributed by atoms with Crippen molar-refractivity contribution in [2.24, 2.45) is 5.92 Å². The van der Waals surface area contributed by atoms with Gasteiger partial charge in [-0.25, -0.2) is 0 Å². The fourth-order valence-electron chi connectivity index (χ4n) is 2.63. The summed E-state index contributed by atoms with van der Waals surface area (Å²) >= 11 is 0. The van der Waals surface area contributed by atoms with Crippen LogP contribution in [0.25, 0.3) is 0 Å². The van der Waals surface area contributed by atoms with Crippen LogP contribution in [0.15, 0.2) is 12.2 Å². The van der Waals surface area contributed by atoms with Gasteiger partial charge in [0.15, 0.2) is 0 Å². The number of amides is 3. The molecule has 168 valence electrons. The summed E-state index contributed by atoms with van der Waals surface area (Å²) in [5.74, 6) is -3.14. The lowest BCUT2D eigenvalue weighted by Gasteiger charge is -2.25. The smallest absolute Gasteiger partial charge is 0.310 e. The van der Waals surface area contributed by atoms with E-state index in [1.165, 1.54) is 12.2 Å². The molecule has 1 atom stereocenters. The van der Waals surface area contributed by atoms with Gasteiger partial charge in [-0.05, 0) is 48.0 Å². The van der Waals surface area contributed by atoms with Crippen molar-refractivity contribution in [3.8, 4) is 0 Å². The normalized spacial score (nSPS) is 15.2. The number of esters is 2. The molecule has 1 heterocycles. The van der Waals surface area contributed by atoms with E-state index in [0.717, 1.165) is 4.90 Å². The average Bonchev–Trinajstić information content (AvgIpc) is 2.87. The van der Waals surface area contributed by atoms with E-state index in [9.17, 15) is 24.0 Å². The van der Waals surface area contributed by atoms with Crippen LogP contribution < -0.4 is 5.32 Å². The van der Waals surface area contributed by atoms with Crippen LogP contribution in [0, 0.1) is 5.92 Å². The third kappa shape index (κ3) is 9.67. The highest BCUT2D eigenvalue weighted by atomic mass is 16.6. The van der Waals surface area contributed by atoms with Gasteiger partial charge in [0.1, 0.15) is 11.2 Å². The molecule has 0 radical (unpaired) electrons. The first-order valence-corrected chi connectivity index (χ1v) is 9.93. The Morgan fingerprint density at radius 2 is 1.50 bits per heavy atom. The Hall–Kier alpha value is -2.71. The maximum Gasteiger partial charge on any atom is 0.310 e. The summed E-state index contributed by atoms with van der Waals surface area (Å²) in [6.07, 6.45) is 2.23. The van der Waals surface area contributed by atoms with E-state index < -0.39 is 40.9 Å². The first kappa shape index (κ1) is 25.3. The standard InChI is InChI=1S/C21H32N2O7/c1-20(2,3)29-18(27)13-14(19(28)30-21(4,5)6)7-8-15(24)22-11-12-23-16(25)9-10-17(23)26/h9-10,14H,7-8,11-13H2,1-6H3,(H,22,24)/t14-/m0/s1. The van der Waals surface area contributed by atoms with E-state index in [0.29, 0.717) is 0 Å². The van der Waals surface area contributed by atoms with Crippen LogP contribution in [-0.4, -0.2) is 58.9 Å². The van der Waals surface area contributed by atoms with Crippen molar-refractivity contribution < 1.29 is 33.4 Å². The molecule has 0 unspecified atom stereocenters. The Morgan fingerprint density at radius 1 is 0.967 bits per heavy atom. The molecule has 3 amide bonds. The van der Waals surface area contributed by atoms with E-state index in [-0.39, 0.29) is 38.3 Å².